The highest BCUT2D eigenvalue weighted by Crippen LogP contribution is 2.35. The van der Waals surface area contributed by atoms with Gasteiger partial charge in [-0.2, -0.15) is 13.2 Å². The molecule has 0 aliphatic carbocycles. The molecule has 2 aromatic rings. The summed E-state index contributed by atoms with van der Waals surface area (Å²) < 4.78 is 53.2. The van der Waals surface area contributed by atoms with E-state index in [1.807, 2.05) is 0 Å². The lowest BCUT2D eigenvalue weighted by atomic mass is 10.1. The Kier molecular flexibility index (Phi) is 6.24. The van der Waals surface area contributed by atoms with Gasteiger partial charge in [-0.05, 0) is 43.7 Å². The predicted octanol–water partition coefficient (Wildman–Crippen LogP) is 4.05. The third-order valence-corrected chi connectivity index (χ3v) is 5.40. The Bertz CT molecular complexity index is 954. The predicted molar refractivity (Wildman–Crippen MR) is 105 cm³/mol. The molecule has 1 amide bonds. The summed E-state index contributed by atoms with van der Waals surface area (Å²) in [6.07, 6.45) is -4.31. The molecule has 0 spiro atoms. The van der Waals surface area contributed by atoms with Gasteiger partial charge in [0.15, 0.2) is 0 Å². The molecule has 1 aromatic carbocycles. The number of alkyl halides is 3. The second kappa shape index (κ2) is 8.39. The average molecular weight is 446 g/mol. The number of aliphatic hydroxyl groups is 1. The zero-order valence-electron chi connectivity index (χ0n) is 16.2. The Morgan fingerprint density at radius 3 is 2.63 bits per heavy atom. The molecule has 5 nitrogen and oxygen atoms in total. The summed E-state index contributed by atoms with van der Waals surface area (Å²) in [5, 5.41) is 9.43. The number of hydrogen-bond acceptors (Lipinski definition) is 4. The Morgan fingerprint density at radius 2 is 2.03 bits per heavy atom. The minimum Gasteiger partial charge on any atom is -0.396 e. The standard InChI is InChI=1S/C20H20ClF4N3O2/c1-11-5-13(20(23,24)25)7-18(26-11)28-9-12(10-29)6-17(28)19(30)27(2)14-3-4-16(22)15(21)8-14/h3-5,7-8,12,17,29H,6,9-10H2,1-2H3. The van der Waals surface area contributed by atoms with Gasteiger partial charge in [-0.25, -0.2) is 9.37 Å². The molecule has 0 bridgehead atoms. The lowest BCUT2D eigenvalue weighted by Crippen LogP contribution is -2.44. The Hall–Kier alpha value is -2.39. The van der Waals surface area contributed by atoms with E-state index in [0.717, 1.165) is 18.2 Å². The first-order valence-corrected chi connectivity index (χ1v) is 9.55. The maximum atomic E-state index is 13.4. The van der Waals surface area contributed by atoms with Gasteiger partial charge in [-0.15, -0.1) is 0 Å². The average Bonchev–Trinajstić information content (AvgIpc) is 3.12. The van der Waals surface area contributed by atoms with Crippen LogP contribution in [0.15, 0.2) is 30.3 Å². The highest BCUT2D eigenvalue weighted by atomic mass is 35.5. The molecule has 30 heavy (non-hydrogen) atoms. The molecule has 2 atom stereocenters. The van der Waals surface area contributed by atoms with Gasteiger partial charge >= 0.3 is 6.18 Å². The Balaban J connectivity index is 1.95. The van der Waals surface area contributed by atoms with Crippen LogP contribution < -0.4 is 9.80 Å². The molecule has 1 saturated heterocycles. The smallest absolute Gasteiger partial charge is 0.396 e. The minimum absolute atomic E-state index is 0.0159. The molecule has 1 N–H and O–H groups in total. The van der Waals surface area contributed by atoms with Crippen LogP contribution in [0.5, 0.6) is 0 Å². The van der Waals surface area contributed by atoms with E-state index in [4.69, 9.17) is 11.6 Å². The molecular weight excluding hydrogens is 426 g/mol. The number of nitrogens with zero attached hydrogens (tertiary/aromatic N) is 3. The number of rotatable bonds is 4. The van der Waals surface area contributed by atoms with Crippen molar-refractivity contribution in [1.29, 1.82) is 0 Å². The van der Waals surface area contributed by atoms with Crippen molar-refractivity contribution in [3.63, 3.8) is 0 Å². The third kappa shape index (κ3) is 4.52. The van der Waals surface area contributed by atoms with Gasteiger partial charge in [0, 0.05) is 37.5 Å². The van der Waals surface area contributed by atoms with E-state index in [1.165, 1.54) is 35.9 Å². The lowest BCUT2D eigenvalue weighted by molar-refractivity contribution is -0.137. The first-order valence-electron chi connectivity index (χ1n) is 9.17. The number of likely N-dealkylation sites (N-methyl/N-ethyl adjacent to an activating group) is 1. The van der Waals surface area contributed by atoms with Gasteiger partial charge in [0.25, 0.3) is 0 Å². The number of amides is 1. The second-order valence-electron chi connectivity index (χ2n) is 7.30. The van der Waals surface area contributed by atoms with Crippen molar-refractivity contribution < 1.29 is 27.5 Å². The summed E-state index contributed by atoms with van der Waals surface area (Å²) >= 11 is 5.80. The van der Waals surface area contributed by atoms with Gasteiger partial charge < -0.3 is 14.9 Å². The van der Waals surface area contributed by atoms with Crippen LogP contribution in [0.3, 0.4) is 0 Å². The Morgan fingerprint density at radius 1 is 1.33 bits per heavy atom. The molecular formula is C20H20ClF4N3O2. The monoisotopic (exact) mass is 445 g/mol. The van der Waals surface area contributed by atoms with E-state index in [-0.39, 0.29) is 42.0 Å². The van der Waals surface area contributed by atoms with E-state index in [0.29, 0.717) is 5.69 Å². The minimum atomic E-state index is -4.56. The second-order valence-corrected chi connectivity index (χ2v) is 7.71. The zero-order chi connectivity index (χ0) is 22.2. The van der Waals surface area contributed by atoms with Crippen LogP contribution in [0.2, 0.25) is 5.02 Å². The van der Waals surface area contributed by atoms with E-state index in [9.17, 15) is 27.5 Å². The molecule has 1 aromatic heterocycles. The summed E-state index contributed by atoms with van der Waals surface area (Å²) in [5.74, 6) is -1.35. The normalized spacial score (nSPS) is 19.3. The first-order chi connectivity index (χ1) is 14.0. The molecule has 0 saturated carbocycles. The number of aromatic nitrogens is 1. The summed E-state index contributed by atoms with van der Waals surface area (Å²) in [7, 11) is 1.47. The maximum absolute atomic E-state index is 13.4. The molecule has 2 unspecified atom stereocenters. The van der Waals surface area contributed by atoms with Gasteiger partial charge in [0.2, 0.25) is 5.91 Å². The van der Waals surface area contributed by atoms with Crippen LogP contribution >= 0.6 is 11.6 Å². The van der Waals surface area contributed by atoms with Gasteiger partial charge in [0.1, 0.15) is 17.7 Å². The fraction of sp³-hybridized carbons (Fsp3) is 0.400. The zero-order valence-corrected chi connectivity index (χ0v) is 17.0. The largest absolute Gasteiger partial charge is 0.416 e. The summed E-state index contributed by atoms with van der Waals surface area (Å²) in [5.41, 5.74) is -0.355. The number of hydrogen-bond donors (Lipinski definition) is 1. The van der Waals surface area contributed by atoms with Crippen molar-refractivity contribution in [3.8, 4) is 0 Å². The van der Waals surface area contributed by atoms with Crippen molar-refractivity contribution in [2.75, 3.05) is 30.0 Å². The van der Waals surface area contributed by atoms with E-state index in [2.05, 4.69) is 4.98 Å². The van der Waals surface area contributed by atoms with Gasteiger partial charge in [-0.1, -0.05) is 11.6 Å². The fourth-order valence-corrected chi connectivity index (χ4v) is 3.72. The number of anilines is 2. The molecule has 1 aliphatic rings. The fourth-order valence-electron chi connectivity index (χ4n) is 3.55. The quantitative estimate of drug-likeness (QED) is 0.721. The molecule has 2 heterocycles. The van der Waals surface area contributed by atoms with Crippen LogP contribution in [0.1, 0.15) is 17.7 Å². The van der Waals surface area contributed by atoms with E-state index < -0.39 is 29.5 Å². The molecule has 10 heteroatoms. The van der Waals surface area contributed by atoms with Crippen LogP contribution in [0, 0.1) is 18.7 Å². The topological polar surface area (TPSA) is 56.7 Å². The number of halogens is 5. The van der Waals surface area contributed by atoms with Crippen LogP contribution in [-0.2, 0) is 11.0 Å². The first kappa shape index (κ1) is 22.3. The number of aliphatic hydroxyl groups excluding tert-OH is 1. The molecule has 1 aliphatic heterocycles. The Labute approximate surface area is 175 Å². The number of benzene rings is 1. The highest BCUT2D eigenvalue weighted by molar-refractivity contribution is 6.31. The molecule has 162 valence electrons. The summed E-state index contributed by atoms with van der Waals surface area (Å²) in [4.78, 5) is 20.1. The molecule has 0 radical (unpaired) electrons. The van der Waals surface area contributed by atoms with Crippen molar-refractivity contribution >= 4 is 29.0 Å². The molecule has 1 fully saturated rings. The number of pyridine rings is 1. The highest BCUT2D eigenvalue weighted by Gasteiger charge is 2.40. The summed E-state index contributed by atoms with van der Waals surface area (Å²) in [6.45, 7) is 1.41. The van der Waals surface area contributed by atoms with E-state index >= 15 is 0 Å². The van der Waals surface area contributed by atoms with Crippen LogP contribution in [-0.4, -0.2) is 42.2 Å². The van der Waals surface area contributed by atoms with Crippen LogP contribution in [0.4, 0.5) is 29.1 Å². The van der Waals surface area contributed by atoms with Crippen molar-refractivity contribution in [2.24, 2.45) is 5.92 Å². The number of aryl methyl sites for hydroxylation is 1. The van der Waals surface area contributed by atoms with Gasteiger partial charge in [-0.3, -0.25) is 4.79 Å². The molecule has 3 rings (SSSR count). The number of carbonyl (C=O) groups is 1. The van der Waals surface area contributed by atoms with Crippen molar-refractivity contribution in [2.45, 2.75) is 25.6 Å². The van der Waals surface area contributed by atoms with Gasteiger partial charge in [0.05, 0.1) is 10.6 Å². The maximum Gasteiger partial charge on any atom is 0.416 e. The number of carbonyl (C=O) groups excluding carboxylic acids is 1. The van der Waals surface area contributed by atoms with E-state index in [1.54, 1.807) is 0 Å². The SMILES string of the molecule is Cc1cc(C(F)(F)F)cc(N2CC(CO)CC2C(=O)N(C)c2ccc(F)c(Cl)c2)n1. The van der Waals surface area contributed by atoms with Crippen LogP contribution in [0.25, 0.3) is 0 Å². The third-order valence-electron chi connectivity index (χ3n) is 5.11. The van der Waals surface area contributed by atoms with Crippen molar-refractivity contribution in [1.82, 2.24) is 4.98 Å². The van der Waals surface area contributed by atoms with Crippen molar-refractivity contribution in [3.05, 3.63) is 52.4 Å². The summed E-state index contributed by atoms with van der Waals surface area (Å²) in [6, 6.07) is 4.81. The lowest BCUT2D eigenvalue weighted by Gasteiger charge is -2.29.